The maximum absolute atomic E-state index is 11.8. The van der Waals surface area contributed by atoms with E-state index >= 15 is 0 Å². The highest BCUT2D eigenvalue weighted by atomic mass is 16.6. The average molecular weight is 396 g/mol. The topological polar surface area (TPSA) is 197 Å². The molecule has 0 fully saturated rings. The van der Waals surface area contributed by atoms with Crippen molar-refractivity contribution in [3.63, 3.8) is 0 Å². The Kier molecular flexibility index (Phi) is 12.1. The van der Waals surface area contributed by atoms with Gasteiger partial charge in [0.05, 0.1) is 32.7 Å². The van der Waals surface area contributed by atoms with E-state index in [2.05, 4.69) is 0 Å². The van der Waals surface area contributed by atoms with E-state index in [0.717, 1.165) is 6.92 Å². The van der Waals surface area contributed by atoms with Gasteiger partial charge in [-0.05, 0) is 0 Å². The predicted octanol–water partition coefficient (Wildman–Crippen LogP) is -3.01. The summed E-state index contributed by atoms with van der Waals surface area (Å²) in [6, 6.07) is 0. The first kappa shape index (κ1) is 24.9. The second-order valence-electron chi connectivity index (χ2n) is 5.44. The van der Waals surface area contributed by atoms with Crippen molar-refractivity contribution >= 4 is 24.2 Å². The number of hydrogen-bond donors (Lipinski definition) is 5. The summed E-state index contributed by atoms with van der Waals surface area (Å²) in [6.45, 7) is -1.22. The molecule has 5 atom stereocenters. The van der Waals surface area contributed by atoms with Crippen LogP contribution in [0.5, 0.6) is 0 Å². The maximum atomic E-state index is 11.8. The molecule has 1 unspecified atom stereocenters. The van der Waals surface area contributed by atoms with Gasteiger partial charge in [0.25, 0.3) is 0 Å². The van der Waals surface area contributed by atoms with E-state index in [9.17, 15) is 29.4 Å². The second kappa shape index (κ2) is 13.1. The summed E-state index contributed by atoms with van der Waals surface area (Å²) in [5.41, 5.74) is 0. The van der Waals surface area contributed by atoms with Crippen molar-refractivity contribution in [3.05, 3.63) is 0 Å². The third kappa shape index (κ3) is 9.96. The zero-order valence-corrected chi connectivity index (χ0v) is 14.6. The van der Waals surface area contributed by atoms with Crippen LogP contribution in [-0.2, 0) is 33.4 Å². The second-order valence-corrected chi connectivity index (χ2v) is 5.44. The highest BCUT2D eigenvalue weighted by Gasteiger charge is 2.40. The Balaban J connectivity index is 5.51. The summed E-state index contributed by atoms with van der Waals surface area (Å²) in [6.07, 6.45) is -9.29. The smallest absolute Gasteiger partial charge is 0.306 e. The lowest BCUT2D eigenvalue weighted by Gasteiger charge is -2.32. The van der Waals surface area contributed by atoms with Crippen molar-refractivity contribution in [2.75, 3.05) is 19.8 Å². The third-order valence-electron chi connectivity index (χ3n) is 3.15. The van der Waals surface area contributed by atoms with Gasteiger partial charge in [0, 0.05) is 6.92 Å². The van der Waals surface area contributed by atoms with Crippen LogP contribution in [0.4, 0.5) is 0 Å². The lowest BCUT2D eigenvalue weighted by atomic mass is 10.0. The van der Waals surface area contributed by atoms with E-state index in [4.69, 9.17) is 29.5 Å². The lowest BCUT2D eigenvalue weighted by molar-refractivity contribution is -0.194. The Morgan fingerprint density at radius 1 is 1.00 bits per heavy atom. The van der Waals surface area contributed by atoms with Crippen molar-refractivity contribution in [2.24, 2.45) is 0 Å². The quantitative estimate of drug-likeness (QED) is 0.147. The predicted molar refractivity (Wildman–Crippen MR) is 84.3 cm³/mol. The number of carboxylic acid groups (broad SMARTS) is 1. The molecule has 12 nitrogen and oxygen atoms in total. The van der Waals surface area contributed by atoms with Gasteiger partial charge in [-0.25, -0.2) is 0 Å². The monoisotopic (exact) mass is 396 g/mol. The molecular weight excluding hydrogens is 372 g/mol. The molecule has 156 valence electrons. The first-order chi connectivity index (χ1) is 12.7. The molecule has 0 aliphatic rings. The molecule has 0 heterocycles. The Morgan fingerprint density at radius 3 is 2.07 bits per heavy atom. The fourth-order valence-electron chi connectivity index (χ4n) is 1.89. The third-order valence-corrected chi connectivity index (χ3v) is 3.15. The van der Waals surface area contributed by atoms with Crippen molar-refractivity contribution in [1.29, 1.82) is 0 Å². The number of carbonyl (C=O) groups is 4. The van der Waals surface area contributed by atoms with Crippen molar-refractivity contribution < 1.29 is 58.9 Å². The minimum absolute atomic E-state index is 0.139. The molecule has 0 saturated carbocycles. The molecule has 0 radical (unpaired) electrons. The van der Waals surface area contributed by atoms with E-state index in [0.29, 0.717) is 0 Å². The molecule has 0 aromatic rings. The molecule has 5 N–H and O–H groups in total. The number of aliphatic hydroxyl groups is 4. The zero-order chi connectivity index (χ0) is 21.0. The molecule has 12 heteroatoms. The number of aliphatic hydroxyl groups excluding tert-OH is 4. The molecule has 27 heavy (non-hydrogen) atoms. The molecular formula is C15H24O12. The number of carbonyl (C=O) groups excluding carboxylic acids is 3. The SMILES string of the molecule is CC(=O)O[C@@H]([C@H](OC(=O)CCC(=O)O)[C@H](C=O)OCC(O)CO)[C@H](O)CO. The van der Waals surface area contributed by atoms with Crippen molar-refractivity contribution in [3.8, 4) is 0 Å². The number of esters is 2. The number of hydrogen-bond acceptors (Lipinski definition) is 11. The molecule has 0 aliphatic heterocycles. The van der Waals surface area contributed by atoms with Gasteiger partial charge >= 0.3 is 17.9 Å². The van der Waals surface area contributed by atoms with E-state index in [1.54, 1.807) is 0 Å². The summed E-state index contributed by atoms with van der Waals surface area (Å²) in [5.74, 6) is -3.31. The Morgan fingerprint density at radius 2 is 1.63 bits per heavy atom. The van der Waals surface area contributed by atoms with Crippen LogP contribution in [0, 0.1) is 0 Å². The first-order valence-electron chi connectivity index (χ1n) is 7.89. The minimum Gasteiger partial charge on any atom is -0.481 e. The van der Waals surface area contributed by atoms with Crippen LogP contribution in [0.2, 0.25) is 0 Å². The summed E-state index contributed by atoms with van der Waals surface area (Å²) in [4.78, 5) is 45.0. The fraction of sp³-hybridized carbons (Fsp3) is 0.733. The fourth-order valence-corrected chi connectivity index (χ4v) is 1.89. The van der Waals surface area contributed by atoms with E-state index in [1.807, 2.05) is 0 Å². The summed E-state index contributed by atoms with van der Waals surface area (Å²) in [5, 5.41) is 45.7. The maximum Gasteiger partial charge on any atom is 0.306 e. The van der Waals surface area contributed by atoms with Gasteiger partial charge in [-0.2, -0.15) is 0 Å². The largest absolute Gasteiger partial charge is 0.481 e. The van der Waals surface area contributed by atoms with Crippen LogP contribution in [0.3, 0.4) is 0 Å². The van der Waals surface area contributed by atoms with Crippen LogP contribution in [-0.4, -0.2) is 100 Å². The van der Waals surface area contributed by atoms with Gasteiger partial charge in [-0.1, -0.05) is 0 Å². The highest BCUT2D eigenvalue weighted by molar-refractivity contribution is 5.77. The molecule has 0 rings (SSSR count). The van der Waals surface area contributed by atoms with Crippen molar-refractivity contribution in [2.45, 2.75) is 50.3 Å². The van der Waals surface area contributed by atoms with E-state index in [1.165, 1.54) is 0 Å². The molecule has 0 saturated heterocycles. The molecule has 0 amide bonds. The molecule has 0 bridgehead atoms. The Labute approximate surface area is 154 Å². The Bertz CT molecular complexity index is 493. The lowest BCUT2D eigenvalue weighted by Crippen LogP contribution is -2.52. The normalized spacial score (nSPS) is 16.5. The van der Waals surface area contributed by atoms with Gasteiger partial charge in [0.1, 0.15) is 12.2 Å². The number of ether oxygens (including phenoxy) is 3. The number of aldehydes is 1. The van der Waals surface area contributed by atoms with Gasteiger partial charge in [-0.3, -0.25) is 14.4 Å². The minimum atomic E-state index is -1.76. The van der Waals surface area contributed by atoms with Crippen LogP contribution in [0.15, 0.2) is 0 Å². The molecule has 0 spiro atoms. The molecule has 0 aromatic heterocycles. The van der Waals surface area contributed by atoms with Gasteiger partial charge in [-0.15, -0.1) is 0 Å². The van der Waals surface area contributed by atoms with Crippen LogP contribution in [0.25, 0.3) is 0 Å². The molecule has 0 aliphatic carbocycles. The Hall–Kier alpha value is -2.12. The number of carboxylic acids is 1. The van der Waals surface area contributed by atoms with Gasteiger partial charge < -0.3 is 44.5 Å². The zero-order valence-electron chi connectivity index (χ0n) is 14.6. The number of rotatable bonds is 14. The summed E-state index contributed by atoms with van der Waals surface area (Å²) in [7, 11) is 0. The van der Waals surface area contributed by atoms with E-state index < -0.39 is 81.1 Å². The molecule has 0 aromatic carbocycles. The van der Waals surface area contributed by atoms with Crippen LogP contribution in [0.1, 0.15) is 19.8 Å². The number of aliphatic carboxylic acids is 1. The van der Waals surface area contributed by atoms with E-state index in [-0.39, 0.29) is 6.29 Å². The first-order valence-corrected chi connectivity index (χ1v) is 7.89. The summed E-state index contributed by atoms with van der Waals surface area (Å²) >= 11 is 0. The average Bonchev–Trinajstić information content (AvgIpc) is 2.62. The van der Waals surface area contributed by atoms with Gasteiger partial charge in [0.15, 0.2) is 24.6 Å². The standard InChI is InChI=1S/C15H24O12/c1-8(19)26-14(10(21)5-17)15(27-13(24)3-2-12(22)23)11(6-18)25-7-9(20)4-16/h6,9-11,14-17,20-21H,2-5,7H2,1H3,(H,22,23)/t9?,10-,11+,14-,15-/m1/s1. The summed E-state index contributed by atoms with van der Waals surface area (Å²) < 4.78 is 14.8. The van der Waals surface area contributed by atoms with Gasteiger partial charge in [0.2, 0.25) is 0 Å². The van der Waals surface area contributed by atoms with Crippen LogP contribution < -0.4 is 0 Å². The van der Waals surface area contributed by atoms with Crippen molar-refractivity contribution in [1.82, 2.24) is 0 Å². The highest BCUT2D eigenvalue weighted by Crippen LogP contribution is 2.17. The van der Waals surface area contributed by atoms with Crippen LogP contribution >= 0.6 is 0 Å².